The minimum atomic E-state index is -0.0157. The maximum atomic E-state index is 13.5. The molecule has 5 nitrogen and oxygen atoms in total. The molecule has 0 saturated carbocycles. The summed E-state index contributed by atoms with van der Waals surface area (Å²) in [6.07, 6.45) is 0. The molecular weight excluding hydrogens is 394 g/mol. The number of ether oxygens (including phenoxy) is 1. The highest BCUT2D eigenvalue weighted by molar-refractivity contribution is 7.22. The van der Waals surface area contributed by atoms with Gasteiger partial charge in [0.15, 0.2) is 5.13 Å². The third-order valence-corrected chi connectivity index (χ3v) is 6.62. The average molecular weight is 427 g/mol. The molecule has 0 aliphatic heterocycles. The van der Waals surface area contributed by atoms with E-state index >= 15 is 0 Å². The maximum absolute atomic E-state index is 13.5. The summed E-state index contributed by atoms with van der Waals surface area (Å²) >= 11 is 1.60. The molecule has 0 aliphatic carbocycles. The van der Waals surface area contributed by atoms with Gasteiger partial charge < -0.3 is 9.64 Å². The van der Waals surface area contributed by atoms with Crippen LogP contribution in [0.2, 0.25) is 0 Å². The fraction of sp³-hybridized carbons (Fsp3) is 0.417. The lowest BCUT2D eigenvalue weighted by molar-refractivity contribution is -0.894. The second-order valence-electron chi connectivity index (χ2n) is 7.55. The largest absolute Gasteiger partial charge is 0.494 e. The van der Waals surface area contributed by atoms with Gasteiger partial charge in [-0.25, -0.2) is 4.98 Å². The molecule has 0 unspecified atom stereocenters. The monoisotopic (exact) mass is 426 g/mol. The molecule has 3 aromatic rings. The first-order valence-electron chi connectivity index (χ1n) is 10.7. The van der Waals surface area contributed by atoms with Crippen molar-refractivity contribution in [2.24, 2.45) is 0 Å². The molecule has 0 aliphatic rings. The Morgan fingerprint density at radius 3 is 2.43 bits per heavy atom. The zero-order valence-corrected chi connectivity index (χ0v) is 19.4. The predicted octanol–water partition coefficient (Wildman–Crippen LogP) is 3.88. The standard InChI is InChI=1S/C24H31N3O2S/c1-6-26(7-2)13-14-27(23(28)19-9-11-20(12-10-19)29-8-3)24-25-21-16-17(4)15-18(5)22(21)30-24/h9-12,15-16H,6-8,13-14H2,1-5H3/p+1. The van der Waals surface area contributed by atoms with E-state index in [4.69, 9.17) is 9.72 Å². The molecule has 0 bridgehead atoms. The number of quaternary nitrogens is 1. The highest BCUT2D eigenvalue weighted by Crippen LogP contribution is 2.32. The number of likely N-dealkylation sites (N-methyl/N-ethyl adjacent to an activating group) is 1. The van der Waals surface area contributed by atoms with Gasteiger partial charge in [-0.05, 0) is 76.1 Å². The zero-order valence-electron chi connectivity index (χ0n) is 18.6. The Morgan fingerprint density at radius 1 is 1.10 bits per heavy atom. The van der Waals surface area contributed by atoms with Crippen LogP contribution in [0.1, 0.15) is 42.3 Å². The molecule has 0 atom stereocenters. The van der Waals surface area contributed by atoms with Crippen molar-refractivity contribution in [1.29, 1.82) is 0 Å². The van der Waals surface area contributed by atoms with Crippen molar-refractivity contribution in [2.45, 2.75) is 34.6 Å². The molecule has 2 aromatic carbocycles. The molecule has 6 heteroatoms. The molecule has 0 spiro atoms. The van der Waals surface area contributed by atoms with E-state index in [9.17, 15) is 4.79 Å². The first-order valence-corrected chi connectivity index (χ1v) is 11.5. The average Bonchev–Trinajstić information content (AvgIpc) is 3.16. The van der Waals surface area contributed by atoms with Crippen LogP contribution in [0, 0.1) is 13.8 Å². The smallest absolute Gasteiger partial charge is 0.260 e. The number of nitrogens with one attached hydrogen (secondary N) is 1. The van der Waals surface area contributed by atoms with Crippen LogP contribution < -0.4 is 14.5 Å². The summed E-state index contributed by atoms with van der Waals surface area (Å²) in [4.78, 5) is 21.6. The lowest BCUT2D eigenvalue weighted by Crippen LogP contribution is -3.12. The van der Waals surface area contributed by atoms with Gasteiger partial charge in [0.25, 0.3) is 5.91 Å². The molecule has 0 radical (unpaired) electrons. The number of hydrogen-bond donors (Lipinski definition) is 1. The van der Waals surface area contributed by atoms with Gasteiger partial charge in [-0.3, -0.25) is 9.69 Å². The van der Waals surface area contributed by atoms with E-state index in [0.29, 0.717) is 18.7 Å². The molecule has 3 rings (SSSR count). The Labute approximate surface area is 183 Å². The number of carbonyl (C=O) groups excluding carboxylic acids is 1. The number of nitrogens with zero attached hydrogens (tertiary/aromatic N) is 2. The number of aromatic nitrogens is 1. The van der Waals surface area contributed by atoms with Crippen molar-refractivity contribution in [3.05, 3.63) is 53.1 Å². The van der Waals surface area contributed by atoms with Crippen molar-refractivity contribution in [2.75, 3.05) is 37.7 Å². The second-order valence-corrected chi connectivity index (χ2v) is 8.53. The topological polar surface area (TPSA) is 46.9 Å². The Balaban J connectivity index is 1.95. The van der Waals surface area contributed by atoms with Gasteiger partial charge in [0.2, 0.25) is 0 Å². The fourth-order valence-corrected chi connectivity index (χ4v) is 4.69. The number of benzene rings is 2. The summed E-state index contributed by atoms with van der Waals surface area (Å²) < 4.78 is 6.67. The quantitative estimate of drug-likeness (QED) is 0.565. The number of rotatable bonds is 9. The first kappa shape index (κ1) is 22.2. The van der Waals surface area contributed by atoms with Crippen LogP contribution in [0.3, 0.4) is 0 Å². The van der Waals surface area contributed by atoms with E-state index in [0.717, 1.165) is 40.7 Å². The van der Waals surface area contributed by atoms with Gasteiger partial charge in [0, 0.05) is 5.56 Å². The molecule has 0 saturated heterocycles. The number of anilines is 1. The number of fused-ring (bicyclic) bond motifs is 1. The third kappa shape index (κ3) is 4.99. The van der Waals surface area contributed by atoms with Crippen LogP contribution >= 0.6 is 11.3 Å². The minimum absolute atomic E-state index is 0.0157. The minimum Gasteiger partial charge on any atom is -0.494 e. The Morgan fingerprint density at radius 2 is 1.80 bits per heavy atom. The lowest BCUT2D eigenvalue weighted by Gasteiger charge is -2.23. The summed E-state index contributed by atoms with van der Waals surface area (Å²) in [5.41, 5.74) is 4.01. The fourth-order valence-electron chi connectivity index (χ4n) is 3.65. The summed E-state index contributed by atoms with van der Waals surface area (Å²) in [7, 11) is 0. The van der Waals surface area contributed by atoms with E-state index in [1.807, 2.05) is 36.1 Å². The third-order valence-electron chi connectivity index (χ3n) is 5.39. The van der Waals surface area contributed by atoms with Gasteiger partial charge in [-0.1, -0.05) is 17.4 Å². The number of thiazole rings is 1. The maximum Gasteiger partial charge on any atom is 0.260 e. The van der Waals surface area contributed by atoms with E-state index in [2.05, 4.69) is 39.8 Å². The van der Waals surface area contributed by atoms with Crippen LogP contribution in [0.4, 0.5) is 5.13 Å². The van der Waals surface area contributed by atoms with E-state index in [1.165, 1.54) is 16.0 Å². The van der Waals surface area contributed by atoms with Gasteiger partial charge in [-0.15, -0.1) is 0 Å². The molecule has 1 N–H and O–H groups in total. The Kier molecular flexibility index (Phi) is 7.45. The molecule has 30 heavy (non-hydrogen) atoms. The molecule has 0 fully saturated rings. The summed E-state index contributed by atoms with van der Waals surface area (Å²) in [5, 5.41) is 0.768. The summed E-state index contributed by atoms with van der Waals surface area (Å²) in [5.74, 6) is 0.761. The summed E-state index contributed by atoms with van der Waals surface area (Å²) in [6, 6.07) is 11.7. The van der Waals surface area contributed by atoms with Gasteiger partial charge in [0.05, 0.1) is 43.0 Å². The van der Waals surface area contributed by atoms with Crippen molar-refractivity contribution in [1.82, 2.24) is 4.98 Å². The van der Waals surface area contributed by atoms with Gasteiger partial charge in [0.1, 0.15) is 5.75 Å². The van der Waals surface area contributed by atoms with Crippen molar-refractivity contribution in [3.8, 4) is 5.75 Å². The van der Waals surface area contributed by atoms with E-state index in [-0.39, 0.29) is 5.91 Å². The number of hydrogen-bond acceptors (Lipinski definition) is 4. The summed E-state index contributed by atoms with van der Waals surface area (Å²) in [6.45, 7) is 14.7. The van der Waals surface area contributed by atoms with Crippen LogP contribution in [-0.4, -0.2) is 43.7 Å². The van der Waals surface area contributed by atoms with Crippen LogP contribution in [-0.2, 0) is 0 Å². The van der Waals surface area contributed by atoms with Crippen LogP contribution in [0.5, 0.6) is 5.75 Å². The lowest BCUT2D eigenvalue weighted by atomic mass is 10.1. The molecule has 1 heterocycles. The van der Waals surface area contributed by atoms with Crippen molar-refractivity contribution >= 4 is 32.6 Å². The van der Waals surface area contributed by atoms with Crippen LogP contribution in [0.25, 0.3) is 10.2 Å². The normalized spacial score (nSPS) is 11.3. The highest BCUT2D eigenvalue weighted by Gasteiger charge is 2.23. The van der Waals surface area contributed by atoms with Crippen molar-refractivity contribution in [3.63, 3.8) is 0 Å². The SMILES string of the molecule is CCOc1ccc(C(=O)N(CC[NH+](CC)CC)c2nc3cc(C)cc(C)c3s2)cc1. The number of amides is 1. The molecule has 160 valence electrons. The molecule has 1 aromatic heterocycles. The Bertz CT molecular complexity index is 994. The van der Waals surface area contributed by atoms with Crippen molar-refractivity contribution < 1.29 is 14.4 Å². The highest BCUT2D eigenvalue weighted by atomic mass is 32.1. The number of carbonyl (C=O) groups is 1. The van der Waals surface area contributed by atoms with E-state index < -0.39 is 0 Å². The zero-order chi connectivity index (χ0) is 21.7. The van der Waals surface area contributed by atoms with Crippen LogP contribution in [0.15, 0.2) is 36.4 Å². The molecular formula is C24H32N3O2S+. The van der Waals surface area contributed by atoms with E-state index in [1.54, 1.807) is 11.3 Å². The Hall–Kier alpha value is -2.44. The first-order chi connectivity index (χ1) is 14.5. The van der Waals surface area contributed by atoms with Gasteiger partial charge >= 0.3 is 0 Å². The predicted molar refractivity (Wildman–Crippen MR) is 125 cm³/mol. The number of aryl methyl sites for hydroxylation is 2. The second kappa shape index (κ2) is 10.0. The van der Waals surface area contributed by atoms with Gasteiger partial charge in [-0.2, -0.15) is 0 Å². The molecule has 1 amide bonds.